The van der Waals surface area contributed by atoms with Crippen molar-refractivity contribution in [2.45, 2.75) is 72.5 Å². The van der Waals surface area contributed by atoms with Gasteiger partial charge in [0.1, 0.15) is 12.4 Å². The zero-order chi connectivity index (χ0) is 19.0. The number of carbonyl (C=O) groups is 2. The van der Waals surface area contributed by atoms with E-state index in [9.17, 15) is 14.7 Å². The van der Waals surface area contributed by atoms with Gasteiger partial charge >= 0.3 is 5.97 Å². The first-order valence-corrected chi connectivity index (χ1v) is 9.05. The number of aliphatic hydroxyl groups is 1. The summed E-state index contributed by atoms with van der Waals surface area (Å²) in [6.45, 7) is 9.50. The third-order valence-electron chi connectivity index (χ3n) is 4.73. The molecule has 1 N–H and O–H groups in total. The Bertz CT molecular complexity index is 552. The van der Waals surface area contributed by atoms with Gasteiger partial charge in [0.15, 0.2) is 0 Å². The van der Waals surface area contributed by atoms with Crippen molar-refractivity contribution in [1.29, 1.82) is 0 Å². The molecule has 0 radical (unpaired) electrons. The quantitative estimate of drug-likeness (QED) is 0.445. The molecule has 0 aromatic rings. The molecule has 4 heteroatoms. The monoisotopic (exact) mass is 348 g/mol. The van der Waals surface area contributed by atoms with Crippen molar-refractivity contribution in [3.63, 3.8) is 0 Å². The van der Waals surface area contributed by atoms with Crippen molar-refractivity contribution in [3.8, 4) is 0 Å². The van der Waals surface area contributed by atoms with Gasteiger partial charge in [-0.05, 0) is 52.4 Å². The highest BCUT2D eigenvalue weighted by atomic mass is 16.5. The maximum Gasteiger partial charge on any atom is 0.303 e. The number of carbonyl (C=O) groups excluding carboxylic acids is 2. The summed E-state index contributed by atoms with van der Waals surface area (Å²) in [6.07, 6.45) is 8.25. The molecule has 1 rings (SSSR count). The van der Waals surface area contributed by atoms with Gasteiger partial charge in [0, 0.05) is 18.4 Å². The molecule has 0 aromatic heterocycles. The van der Waals surface area contributed by atoms with Crippen LogP contribution in [-0.4, -0.2) is 29.6 Å². The molecular formula is C21H32O4. The van der Waals surface area contributed by atoms with Crippen LogP contribution in [0.3, 0.4) is 0 Å². The molecule has 0 spiro atoms. The Labute approximate surface area is 151 Å². The SMILES string of the molecule is CC(=O)OC1C(C=O)=CCC=C(C)CC(O)C1C(C)CCC=C(C)C. The van der Waals surface area contributed by atoms with E-state index in [4.69, 9.17) is 4.74 Å². The highest BCUT2D eigenvalue weighted by Crippen LogP contribution is 2.33. The Hall–Kier alpha value is -1.68. The Morgan fingerprint density at radius 1 is 1.36 bits per heavy atom. The summed E-state index contributed by atoms with van der Waals surface area (Å²) >= 11 is 0. The van der Waals surface area contributed by atoms with Gasteiger partial charge in [-0.2, -0.15) is 0 Å². The molecule has 4 unspecified atom stereocenters. The third kappa shape index (κ3) is 6.99. The molecule has 0 bridgehead atoms. The Morgan fingerprint density at radius 2 is 2.04 bits per heavy atom. The molecule has 0 aliphatic heterocycles. The maximum absolute atomic E-state index is 11.6. The molecule has 0 saturated carbocycles. The van der Waals surface area contributed by atoms with E-state index in [-0.39, 0.29) is 11.8 Å². The van der Waals surface area contributed by atoms with Crippen molar-refractivity contribution in [2.75, 3.05) is 0 Å². The predicted octanol–water partition coefficient (Wildman–Crippen LogP) is 4.14. The van der Waals surface area contributed by atoms with Gasteiger partial charge in [0.05, 0.1) is 6.10 Å². The lowest BCUT2D eigenvalue weighted by Crippen LogP contribution is -2.40. The highest BCUT2D eigenvalue weighted by Gasteiger charge is 2.37. The minimum Gasteiger partial charge on any atom is -0.457 e. The number of aldehydes is 1. The first-order chi connectivity index (χ1) is 11.8. The summed E-state index contributed by atoms with van der Waals surface area (Å²) in [4.78, 5) is 23.2. The van der Waals surface area contributed by atoms with E-state index >= 15 is 0 Å². The van der Waals surface area contributed by atoms with Crippen LogP contribution in [0.1, 0.15) is 60.3 Å². The molecule has 4 nitrogen and oxygen atoms in total. The normalized spacial score (nSPS) is 25.4. The van der Waals surface area contributed by atoms with Gasteiger partial charge in [-0.25, -0.2) is 0 Å². The van der Waals surface area contributed by atoms with Crippen LogP contribution in [0.25, 0.3) is 0 Å². The van der Waals surface area contributed by atoms with Crippen LogP contribution in [0.4, 0.5) is 0 Å². The number of hydrogen-bond acceptors (Lipinski definition) is 4. The summed E-state index contributed by atoms with van der Waals surface area (Å²) in [6, 6.07) is 0. The Kier molecular flexibility index (Phi) is 8.84. The minimum atomic E-state index is -0.703. The Morgan fingerprint density at radius 3 is 2.60 bits per heavy atom. The molecule has 0 amide bonds. The fourth-order valence-corrected chi connectivity index (χ4v) is 3.43. The molecule has 1 aliphatic rings. The maximum atomic E-state index is 11.6. The lowest BCUT2D eigenvalue weighted by molar-refractivity contribution is -0.150. The van der Waals surface area contributed by atoms with Crippen molar-refractivity contribution < 1.29 is 19.4 Å². The summed E-state index contributed by atoms with van der Waals surface area (Å²) < 4.78 is 5.52. The molecule has 25 heavy (non-hydrogen) atoms. The van der Waals surface area contributed by atoms with E-state index in [0.717, 1.165) is 24.7 Å². The Balaban J connectivity index is 3.18. The topological polar surface area (TPSA) is 63.6 Å². The lowest BCUT2D eigenvalue weighted by Gasteiger charge is -2.35. The second-order valence-corrected chi connectivity index (χ2v) is 7.32. The fourth-order valence-electron chi connectivity index (χ4n) is 3.43. The molecule has 0 aromatic carbocycles. The van der Waals surface area contributed by atoms with Crippen molar-refractivity contribution in [3.05, 3.63) is 34.9 Å². The molecule has 1 aliphatic carbocycles. The molecule has 0 saturated heterocycles. The van der Waals surface area contributed by atoms with Crippen LogP contribution in [0.5, 0.6) is 0 Å². The van der Waals surface area contributed by atoms with Crippen molar-refractivity contribution in [1.82, 2.24) is 0 Å². The van der Waals surface area contributed by atoms with Gasteiger partial charge in [-0.15, -0.1) is 0 Å². The van der Waals surface area contributed by atoms with E-state index < -0.39 is 18.2 Å². The average Bonchev–Trinajstić information content (AvgIpc) is 2.54. The van der Waals surface area contributed by atoms with Gasteiger partial charge in [0.2, 0.25) is 0 Å². The van der Waals surface area contributed by atoms with Crippen LogP contribution in [0.15, 0.2) is 34.9 Å². The highest BCUT2D eigenvalue weighted by molar-refractivity contribution is 5.76. The summed E-state index contributed by atoms with van der Waals surface area (Å²) in [7, 11) is 0. The fraction of sp³-hybridized carbons (Fsp3) is 0.619. The van der Waals surface area contributed by atoms with E-state index in [1.165, 1.54) is 12.5 Å². The number of ether oxygens (including phenoxy) is 1. The molecule has 140 valence electrons. The number of hydrogen-bond donors (Lipinski definition) is 1. The standard InChI is InChI=1S/C21H32O4/c1-14(2)8-6-10-16(4)20-19(24)12-15(3)9-7-11-18(13-22)21(20)25-17(5)23/h8-9,11,13,16,19-21,24H,6-7,10,12H2,1-5H3. The second kappa shape index (κ2) is 10.3. The van der Waals surface area contributed by atoms with Crippen LogP contribution >= 0.6 is 0 Å². The third-order valence-corrected chi connectivity index (χ3v) is 4.73. The predicted molar refractivity (Wildman–Crippen MR) is 100 cm³/mol. The van der Waals surface area contributed by atoms with Gasteiger partial charge in [0.25, 0.3) is 0 Å². The number of allylic oxidation sites excluding steroid dienone is 4. The largest absolute Gasteiger partial charge is 0.457 e. The molecule has 4 atom stereocenters. The van der Waals surface area contributed by atoms with Crippen molar-refractivity contribution in [2.24, 2.45) is 11.8 Å². The van der Waals surface area contributed by atoms with Crippen molar-refractivity contribution >= 4 is 12.3 Å². The zero-order valence-electron chi connectivity index (χ0n) is 16.1. The van der Waals surface area contributed by atoms with Crippen LogP contribution < -0.4 is 0 Å². The van der Waals surface area contributed by atoms with Crippen LogP contribution in [0, 0.1) is 11.8 Å². The summed E-state index contributed by atoms with van der Waals surface area (Å²) in [5.74, 6) is -0.646. The van der Waals surface area contributed by atoms with E-state index in [2.05, 4.69) is 26.8 Å². The summed E-state index contributed by atoms with van der Waals surface area (Å²) in [5.41, 5.74) is 2.78. The lowest BCUT2D eigenvalue weighted by atomic mass is 9.77. The van der Waals surface area contributed by atoms with Crippen LogP contribution in [-0.2, 0) is 14.3 Å². The van der Waals surface area contributed by atoms with Gasteiger partial charge in [-0.1, -0.05) is 36.3 Å². The number of aliphatic hydroxyl groups excluding tert-OH is 1. The van der Waals surface area contributed by atoms with E-state index in [1.54, 1.807) is 6.08 Å². The minimum absolute atomic E-state index is 0.101. The summed E-state index contributed by atoms with van der Waals surface area (Å²) in [5, 5.41) is 10.9. The first kappa shape index (κ1) is 21.4. The van der Waals surface area contributed by atoms with Gasteiger partial charge in [-0.3, -0.25) is 9.59 Å². The average molecular weight is 348 g/mol. The first-order valence-electron chi connectivity index (χ1n) is 9.05. The molecule has 0 heterocycles. The van der Waals surface area contributed by atoms with Crippen LogP contribution in [0.2, 0.25) is 0 Å². The van der Waals surface area contributed by atoms with E-state index in [0.29, 0.717) is 18.4 Å². The molecular weight excluding hydrogens is 316 g/mol. The second-order valence-electron chi connectivity index (χ2n) is 7.32. The smallest absolute Gasteiger partial charge is 0.303 e. The number of rotatable bonds is 6. The van der Waals surface area contributed by atoms with E-state index in [1.807, 2.05) is 13.0 Å². The molecule has 0 fully saturated rings. The van der Waals surface area contributed by atoms with Gasteiger partial charge < -0.3 is 9.84 Å². The zero-order valence-corrected chi connectivity index (χ0v) is 16.1. The number of esters is 1.